The minimum atomic E-state index is -3.80. The molecule has 0 unspecified atom stereocenters. The Morgan fingerprint density at radius 3 is 2.42 bits per heavy atom. The summed E-state index contributed by atoms with van der Waals surface area (Å²) in [7, 11) is -2.24. The summed E-state index contributed by atoms with van der Waals surface area (Å²) in [6, 6.07) is 3.97. The van der Waals surface area contributed by atoms with Gasteiger partial charge in [0.15, 0.2) is 0 Å². The maximum Gasteiger partial charge on any atom is 0.293 e. The summed E-state index contributed by atoms with van der Waals surface area (Å²) in [5.74, 6) is -0.218. The number of nitrogens with zero attached hydrogens (tertiary/aromatic N) is 3. The van der Waals surface area contributed by atoms with E-state index in [1.165, 1.54) is 21.3 Å². The minimum absolute atomic E-state index is 0.0422. The third-order valence-electron chi connectivity index (χ3n) is 4.22. The smallest absolute Gasteiger partial charge is 0.293 e. The molecule has 1 aliphatic rings. The van der Waals surface area contributed by atoms with Crippen molar-refractivity contribution in [3.63, 3.8) is 0 Å². The molecular weight excluding hydrogens is 360 g/mol. The Balaban J connectivity index is 2.30. The van der Waals surface area contributed by atoms with E-state index >= 15 is 0 Å². The Bertz CT molecular complexity index is 788. The standard InChI is InChI=1S/C16H24N4O5S/c1-4-19(5-2)26(24,25)13-8-9-14(15(10-13)20(22)23)18(3)11-16(21)17-12-6-7-12/h8-10,12H,4-7,11H2,1-3H3,(H,17,21). The van der Waals surface area contributed by atoms with Gasteiger partial charge < -0.3 is 10.2 Å². The summed E-state index contributed by atoms with van der Waals surface area (Å²) in [5.41, 5.74) is -0.153. The largest absolute Gasteiger partial charge is 0.360 e. The lowest BCUT2D eigenvalue weighted by Crippen LogP contribution is -2.36. The number of hydrogen-bond donors (Lipinski definition) is 1. The van der Waals surface area contributed by atoms with E-state index in [1.54, 1.807) is 20.9 Å². The lowest BCUT2D eigenvalue weighted by Gasteiger charge is -2.21. The van der Waals surface area contributed by atoms with E-state index in [0.29, 0.717) is 0 Å². The van der Waals surface area contributed by atoms with Gasteiger partial charge in [0.05, 0.1) is 16.4 Å². The van der Waals surface area contributed by atoms with Gasteiger partial charge >= 0.3 is 0 Å². The Labute approximate surface area is 153 Å². The van der Waals surface area contributed by atoms with Gasteiger partial charge in [-0.2, -0.15) is 4.31 Å². The van der Waals surface area contributed by atoms with Crippen LogP contribution in [0.15, 0.2) is 23.1 Å². The van der Waals surface area contributed by atoms with E-state index < -0.39 is 14.9 Å². The van der Waals surface area contributed by atoms with Gasteiger partial charge in [0, 0.05) is 32.2 Å². The molecule has 1 aromatic rings. The van der Waals surface area contributed by atoms with Gasteiger partial charge in [0.1, 0.15) is 5.69 Å². The first-order valence-electron chi connectivity index (χ1n) is 8.49. The zero-order valence-electron chi connectivity index (χ0n) is 15.1. The molecular formula is C16H24N4O5S. The zero-order valence-corrected chi connectivity index (χ0v) is 16.0. The molecule has 1 amide bonds. The summed E-state index contributed by atoms with van der Waals surface area (Å²) in [6.45, 7) is 3.91. The number of nitrogens with one attached hydrogen (secondary N) is 1. The first-order chi connectivity index (χ1) is 12.2. The average molecular weight is 384 g/mol. The van der Waals surface area contributed by atoms with Crippen LogP contribution in [0.5, 0.6) is 0 Å². The third kappa shape index (κ3) is 4.50. The number of carbonyl (C=O) groups excluding carboxylic acids is 1. The number of hydrogen-bond acceptors (Lipinski definition) is 6. The number of nitro benzene ring substituents is 1. The number of rotatable bonds is 9. The van der Waals surface area contributed by atoms with Crippen molar-refractivity contribution >= 4 is 27.3 Å². The highest BCUT2D eigenvalue weighted by Crippen LogP contribution is 2.31. The van der Waals surface area contributed by atoms with Crippen LogP contribution in [-0.4, -0.2) is 56.3 Å². The monoisotopic (exact) mass is 384 g/mol. The van der Waals surface area contributed by atoms with E-state index in [2.05, 4.69) is 5.32 Å². The van der Waals surface area contributed by atoms with Gasteiger partial charge in [0.2, 0.25) is 15.9 Å². The van der Waals surface area contributed by atoms with Crippen LogP contribution < -0.4 is 10.2 Å². The molecule has 9 nitrogen and oxygen atoms in total. The van der Waals surface area contributed by atoms with Gasteiger partial charge in [-0.15, -0.1) is 0 Å². The van der Waals surface area contributed by atoms with Crippen molar-refractivity contribution in [3.05, 3.63) is 28.3 Å². The number of sulfonamides is 1. The minimum Gasteiger partial charge on any atom is -0.360 e. The second-order valence-electron chi connectivity index (χ2n) is 6.19. The Hall–Kier alpha value is -2.20. The molecule has 0 bridgehead atoms. The molecule has 144 valence electrons. The number of carbonyl (C=O) groups is 1. The fourth-order valence-corrected chi connectivity index (χ4v) is 4.13. The topological polar surface area (TPSA) is 113 Å². The zero-order chi connectivity index (χ0) is 19.5. The van der Waals surface area contributed by atoms with Crippen molar-refractivity contribution in [3.8, 4) is 0 Å². The predicted octanol–water partition coefficient (Wildman–Crippen LogP) is 1.34. The molecule has 1 aromatic carbocycles. The molecule has 26 heavy (non-hydrogen) atoms. The lowest BCUT2D eigenvalue weighted by atomic mass is 10.2. The first-order valence-corrected chi connectivity index (χ1v) is 9.93. The highest BCUT2D eigenvalue weighted by atomic mass is 32.2. The SMILES string of the molecule is CCN(CC)S(=O)(=O)c1ccc(N(C)CC(=O)NC2CC2)c([N+](=O)[O-])c1. The second kappa shape index (κ2) is 8.00. The summed E-state index contributed by atoms with van der Waals surface area (Å²) in [5, 5.41) is 14.3. The van der Waals surface area contributed by atoms with Crippen LogP contribution in [0.3, 0.4) is 0 Å². The van der Waals surface area contributed by atoms with E-state index in [1.807, 2.05) is 0 Å². The van der Waals surface area contributed by atoms with Crippen molar-refractivity contribution in [1.82, 2.24) is 9.62 Å². The molecule has 0 atom stereocenters. The van der Waals surface area contributed by atoms with E-state index in [0.717, 1.165) is 18.9 Å². The maximum absolute atomic E-state index is 12.6. The van der Waals surface area contributed by atoms with Gasteiger partial charge in [-0.25, -0.2) is 8.42 Å². The molecule has 1 aliphatic carbocycles. The Kier molecular flexibility index (Phi) is 6.19. The third-order valence-corrected chi connectivity index (χ3v) is 6.27. The molecule has 1 saturated carbocycles. The van der Waals surface area contributed by atoms with Gasteiger partial charge in [0.25, 0.3) is 5.69 Å². The highest BCUT2D eigenvalue weighted by molar-refractivity contribution is 7.89. The molecule has 0 heterocycles. The van der Waals surface area contributed by atoms with Crippen molar-refractivity contribution in [1.29, 1.82) is 0 Å². The lowest BCUT2D eigenvalue weighted by molar-refractivity contribution is -0.384. The van der Waals surface area contributed by atoms with Crippen LogP contribution in [0.1, 0.15) is 26.7 Å². The molecule has 10 heteroatoms. The molecule has 1 N–H and O–H groups in total. The fourth-order valence-electron chi connectivity index (χ4n) is 2.65. The quantitative estimate of drug-likeness (QED) is 0.508. The Morgan fingerprint density at radius 2 is 1.92 bits per heavy atom. The first kappa shape index (κ1) is 20.1. The molecule has 0 aliphatic heterocycles. The van der Waals surface area contributed by atoms with Crippen LogP contribution in [-0.2, 0) is 14.8 Å². The molecule has 0 saturated heterocycles. The second-order valence-corrected chi connectivity index (χ2v) is 8.13. The summed E-state index contributed by atoms with van der Waals surface area (Å²) in [6.07, 6.45) is 1.90. The van der Waals surface area contributed by atoms with E-state index in [-0.39, 0.29) is 47.9 Å². The van der Waals surface area contributed by atoms with E-state index in [9.17, 15) is 23.3 Å². The van der Waals surface area contributed by atoms with Crippen LogP contribution in [0, 0.1) is 10.1 Å². The predicted molar refractivity (Wildman–Crippen MR) is 97.6 cm³/mol. The van der Waals surface area contributed by atoms with Crippen molar-refractivity contribution < 1.29 is 18.1 Å². The molecule has 2 rings (SSSR count). The van der Waals surface area contributed by atoms with Crippen LogP contribution in [0.2, 0.25) is 0 Å². The van der Waals surface area contributed by atoms with Crippen LogP contribution >= 0.6 is 0 Å². The number of benzene rings is 1. The Morgan fingerprint density at radius 1 is 1.31 bits per heavy atom. The van der Waals surface area contributed by atoms with Crippen molar-refractivity contribution in [2.45, 2.75) is 37.6 Å². The fraction of sp³-hybridized carbons (Fsp3) is 0.562. The van der Waals surface area contributed by atoms with Crippen LogP contribution in [0.4, 0.5) is 11.4 Å². The van der Waals surface area contributed by atoms with Crippen molar-refractivity contribution in [2.75, 3.05) is 31.6 Å². The number of nitro groups is 1. The van der Waals surface area contributed by atoms with E-state index in [4.69, 9.17) is 0 Å². The summed E-state index contributed by atoms with van der Waals surface area (Å²) < 4.78 is 26.4. The van der Waals surface area contributed by atoms with Gasteiger partial charge in [-0.1, -0.05) is 13.8 Å². The highest BCUT2D eigenvalue weighted by Gasteiger charge is 2.28. The number of anilines is 1. The van der Waals surface area contributed by atoms with Crippen molar-refractivity contribution in [2.24, 2.45) is 0 Å². The summed E-state index contributed by atoms with van der Waals surface area (Å²) in [4.78, 5) is 24.1. The van der Waals surface area contributed by atoms with Crippen LogP contribution in [0.25, 0.3) is 0 Å². The normalized spacial score (nSPS) is 14.3. The van der Waals surface area contributed by atoms with Gasteiger partial charge in [-0.3, -0.25) is 14.9 Å². The maximum atomic E-state index is 12.6. The number of likely N-dealkylation sites (N-methyl/N-ethyl adjacent to an activating group) is 1. The molecule has 1 fully saturated rings. The molecule has 0 spiro atoms. The molecule has 0 radical (unpaired) electrons. The number of amides is 1. The average Bonchev–Trinajstić information content (AvgIpc) is 3.38. The summed E-state index contributed by atoms with van der Waals surface area (Å²) >= 11 is 0. The van der Waals surface area contributed by atoms with Gasteiger partial charge in [-0.05, 0) is 25.0 Å². The molecule has 0 aromatic heterocycles.